The van der Waals surface area contributed by atoms with E-state index in [2.05, 4.69) is 27.7 Å². The fourth-order valence-corrected chi connectivity index (χ4v) is 11.6. The van der Waals surface area contributed by atoms with Crippen LogP contribution in [-0.2, 0) is 43.7 Å². The summed E-state index contributed by atoms with van der Waals surface area (Å²) in [5.41, 5.74) is -0.783. The van der Waals surface area contributed by atoms with E-state index in [0.29, 0.717) is 24.2 Å². The molecule has 0 amide bonds. The van der Waals surface area contributed by atoms with Crippen LogP contribution in [0.3, 0.4) is 0 Å². The standard InChI is InChI=1S/C27H48O12S3/c1-16(2)7-6-8-17(3)19-9-10-20-18-13-23(37-40(28,29)30)22-14-24(38-41(31,32)33)25(39-42(34,35)36)15-27(22,5)21(18)11-12-26(19,20)4/h16-25H,6-15H2,1-5H3,(H,28,29,30)(H,31,32,33)(H,34,35,36)/t17?,18?,19-,20?,21?,22-,23+,24+,25+,26-,27-/m1/s1. The molecule has 4 aliphatic rings. The number of hydrogen-bond donors (Lipinski definition) is 3. The van der Waals surface area contributed by atoms with E-state index in [0.717, 1.165) is 32.1 Å². The van der Waals surface area contributed by atoms with Crippen LogP contribution in [0.5, 0.6) is 0 Å². The predicted molar refractivity (Wildman–Crippen MR) is 153 cm³/mol. The van der Waals surface area contributed by atoms with Crippen LogP contribution in [0, 0.1) is 52.3 Å². The van der Waals surface area contributed by atoms with Gasteiger partial charge in [0.2, 0.25) is 0 Å². The molecular formula is C27H48O12S3. The predicted octanol–water partition coefficient (Wildman–Crippen LogP) is 4.89. The Balaban J connectivity index is 1.67. The van der Waals surface area contributed by atoms with Gasteiger partial charge in [0.1, 0.15) is 12.2 Å². The van der Waals surface area contributed by atoms with Gasteiger partial charge in [-0.25, -0.2) is 12.5 Å². The van der Waals surface area contributed by atoms with Gasteiger partial charge in [0.25, 0.3) is 0 Å². The zero-order valence-corrected chi connectivity index (χ0v) is 27.5. The van der Waals surface area contributed by atoms with Gasteiger partial charge in [0.15, 0.2) is 0 Å². The molecule has 11 atom stereocenters. The molecular weight excluding hydrogens is 612 g/mol. The molecule has 4 rings (SSSR count). The molecule has 15 heteroatoms. The van der Waals surface area contributed by atoms with E-state index >= 15 is 0 Å². The Morgan fingerprint density at radius 2 is 1.24 bits per heavy atom. The van der Waals surface area contributed by atoms with Gasteiger partial charge in [-0.1, -0.05) is 53.9 Å². The average Bonchev–Trinajstić information content (AvgIpc) is 3.14. The summed E-state index contributed by atoms with van der Waals surface area (Å²) in [5.74, 6) is 1.29. The second-order valence-electron chi connectivity index (χ2n) is 14.4. The maximum Gasteiger partial charge on any atom is 0.397 e. The van der Waals surface area contributed by atoms with Crippen LogP contribution in [-0.4, -0.2) is 57.2 Å². The fourth-order valence-electron chi connectivity index (χ4n) is 10.1. The number of hydrogen-bond acceptors (Lipinski definition) is 9. The first-order chi connectivity index (χ1) is 19.1. The lowest BCUT2D eigenvalue weighted by molar-refractivity contribution is -0.184. The zero-order valence-electron chi connectivity index (χ0n) is 25.1. The van der Waals surface area contributed by atoms with Crippen LogP contribution >= 0.6 is 0 Å². The summed E-state index contributed by atoms with van der Waals surface area (Å²) in [5, 5.41) is 0. The Kier molecular flexibility index (Phi) is 9.92. The zero-order chi connectivity index (χ0) is 31.5. The Morgan fingerprint density at radius 1 is 0.690 bits per heavy atom. The molecule has 4 unspecified atom stereocenters. The summed E-state index contributed by atoms with van der Waals surface area (Å²) in [6, 6.07) is 0. The van der Waals surface area contributed by atoms with Gasteiger partial charge in [-0.3, -0.25) is 13.7 Å². The van der Waals surface area contributed by atoms with E-state index in [1.807, 2.05) is 6.92 Å². The van der Waals surface area contributed by atoms with Gasteiger partial charge in [-0.05, 0) is 97.2 Å². The lowest BCUT2D eigenvalue weighted by Crippen LogP contribution is -2.62. The first-order valence-corrected chi connectivity index (χ1v) is 19.2. The normalized spacial score (nSPS) is 41.6. The maximum atomic E-state index is 12.0. The highest BCUT2D eigenvalue weighted by Gasteiger charge is 2.65. The van der Waals surface area contributed by atoms with Gasteiger partial charge in [-0.2, -0.15) is 25.3 Å². The van der Waals surface area contributed by atoms with E-state index in [1.165, 1.54) is 12.8 Å². The van der Waals surface area contributed by atoms with Crippen molar-refractivity contribution in [2.24, 2.45) is 52.3 Å². The molecule has 0 spiro atoms. The molecule has 4 fully saturated rings. The van der Waals surface area contributed by atoms with Crippen molar-refractivity contribution >= 4 is 31.2 Å². The third-order valence-electron chi connectivity index (χ3n) is 11.6. The van der Waals surface area contributed by atoms with Crippen LogP contribution in [0.25, 0.3) is 0 Å². The summed E-state index contributed by atoms with van der Waals surface area (Å²) < 4.78 is 114. The molecule has 4 aliphatic carbocycles. The van der Waals surface area contributed by atoms with E-state index in [9.17, 15) is 38.9 Å². The molecule has 0 aromatic carbocycles. The van der Waals surface area contributed by atoms with Gasteiger partial charge < -0.3 is 0 Å². The Labute approximate surface area is 251 Å². The van der Waals surface area contributed by atoms with Crippen LogP contribution in [0.2, 0.25) is 0 Å². The number of fused-ring (bicyclic) bond motifs is 5. The first-order valence-electron chi connectivity index (χ1n) is 15.1. The third kappa shape index (κ3) is 7.52. The minimum absolute atomic E-state index is 0.00370. The van der Waals surface area contributed by atoms with Gasteiger partial charge >= 0.3 is 31.2 Å². The smallest absolute Gasteiger partial charge is 0.264 e. The molecule has 0 radical (unpaired) electrons. The van der Waals surface area contributed by atoms with Crippen molar-refractivity contribution in [3.05, 3.63) is 0 Å². The summed E-state index contributed by atoms with van der Waals surface area (Å²) in [6.45, 7) is 11.0. The van der Waals surface area contributed by atoms with Crippen LogP contribution in [0.1, 0.15) is 98.8 Å². The third-order valence-corrected chi connectivity index (χ3v) is 13.0. The van der Waals surface area contributed by atoms with E-state index in [4.69, 9.17) is 12.5 Å². The Morgan fingerprint density at radius 3 is 1.81 bits per heavy atom. The lowest BCUT2D eigenvalue weighted by Gasteiger charge is -2.63. The molecule has 3 N–H and O–H groups in total. The Hall–Kier alpha value is -0.390. The first kappa shape index (κ1) is 34.5. The highest BCUT2D eigenvalue weighted by molar-refractivity contribution is 7.81. The highest BCUT2D eigenvalue weighted by Crippen LogP contribution is 2.69. The molecule has 0 saturated heterocycles. The summed E-state index contributed by atoms with van der Waals surface area (Å²) >= 11 is 0. The molecule has 0 aromatic rings. The molecule has 0 bridgehead atoms. The fraction of sp³-hybridized carbons (Fsp3) is 1.00. The summed E-state index contributed by atoms with van der Waals surface area (Å²) in [4.78, 5) is 0. The van der Waals surface area contributed by atoms with Crippen LogP contribution in [0.15, 0.2) is 0 Å². The molecule has 0 aromatic heterocycles. The van der Waals surface area contributed by atoms with Crippen molar-refractivity contribution < 1.29 is 51.5 Å². The van der Waals surface area contributed by atoms with Gasteiger partial charge in [0.05, 0.1) is 6.10 Å². The second kappa shape index (κ2) is 12.1. The van der Waals surface area contributed by atoms with Crippen molar-refractivity contribution in [1.82, 2.24) is 0 Å². The van der Waals surface area contributed by atoms with E-state index < -0.39 is 60.8 Å². The minimum atomic E-state index is -5.06. The minimum Gasteiger partial charge on any atom is -0.264 e. The van der Waals surface area contributed by atoms with Gasteiger partial charge in [0, 0.05) is 0 Å². The monoisotopic (exact) mass is 660 g/mol. The topological polar surface area (TPSA) is 191 Å². The van der Waals surface area contributed by atoms with E-state index in [1.54, 1.807) is 0 Å². The maximum absolute atomic E-state index is 12.0. The lowest BCUT2D eigenvalue weighted by atomic mass is 9.43. The quantitative estimate of drug-likeness (QED) is 0.255. The molecule has 0 aliphatic heterocycles. The van der Waals surface area contributed by atoms with Crippen molar-refractivity contribution in [3.8, 4) is 0 Å². The second-order valence-corrected chi connectivity index (χ2v) is 17.5. The van der Waals surface area contributed by atoms with Crippen molar-refractivity contribution in [1.29, 1.82) is 0 Å². The van der Waals surface area contributed by atoms with Crippen molar-refractivity contribution in [2.75, 3.05) is 0 Å². The molecule has 42 heavy (non-hydrogen) atoms. The molecule has 4 saturated carbocycles. The molecule has 12 nitrogen and oxygen atoms in total. The molecule has 246 valence electrons. The van der Waals surface area contributed by atoms with Crippen molar-refractivity contribution in [2.45, 2.75) is 117 Å². The molecule has 0 heterocycles. The van der Waals surface area contributed by atoms with Gasteiger partial charge in [-0.15, -0.1) is 0 Å². The number of rotatable bonds is 11. The SMILES string of the molecule is CC(C)CCCC(C)[C@H]1CCC2C3C[C@H](OS(=O)(=O)O)[C@H]4C[C@H](OS(=O)(=O)O)[C@@H](OS(=O)(=O)O)C[C@]4(C)C3CC[C@@]21C. The summed E-state index contributed by atoms with van der Waals surface area (Å²) in [6.07, 6.45) is 3.24. The largest absolute Gasteiger partial charge is 0.397 e. The van der Waals surface area contributed by atoms with Crippen LogP contribution < -0.4 is 0 Å². The highest BCUT2D eigenvalue weighted by atomic mass is 32.3. The average molecular weight is 661 g/mol. The Bertz CT molecular complexity index is 1300. The van der Waals surface area contributed by atoms with E-state index in [-0.39, 0.29) is 36.0 Å². The van der Waals surface area contributed by atoms with Crippen LogP contribution in [0.4, 0.5) is 0 Å². The van der Waals surface area contributed by atoms with Crippen molar-refractivity contribution in [3.63, 3.8) is 0 Å². The summed E-state index contributed by atoms with van der Waals surface area (Å²) in [7, 11) is -15.0.